The minimum Gasteiger partial charge on any atom is -0.314 e. The summed E-state index contributed by atoms with van der Waals surface area (Å²) in [4.78, 5) is 2.67. The van der Waals surface area contributed by atoms with Gasteiger partial charge in [-0.15, -0.1) is 0 Å². The van der Waals surface area contributed by atoms with E-state index in [9.17, 15) is 0 Å². The third-order valence-corrected chi connectivity index (χ3v) is 4.10. The first-order chi connectivity index (χ1) is 7.36. The average Bonchev–Trinajstić information content (AvgIpc) is 2.17. The molecule has 1 heterocycles. The zero-order chi connectivity index (χ0) is 10.5. The Morgan fingerprint density at radius 3 is 2.67 bits per heavy atom. The van der Waals surface area contributed by atoms with E-state index in [1.807, 2.05) is 0 Å². The maximum absolute atomic E-state index is 3.65. The van der Waals surface area contributed by atoms with Gasteiger partial charge in [-0.25, -0.2) is 0 Å². The van der Waals surface area contributed by atoms with Crippen molar-refractivity contribution in [3.8, 4) is 0 Å². The molecule has 0 amide bonds. The van der Waals surface area contributed by atoms with E-state index in [2.05, 4.69) is 17.1 Å². The Balaban J connectivity index is 1.52. The summed E-state index contributed by atoms with van der Waals surface area (Å²) in [6.07, 6.45) is 9.89. The molecule has 1 saturated carbocycles. The van der Waals surface area contributed by atoms with E-state index in [4.69, 9.17) is 0 Å². The molecular weight excluding hydrogens is 184 g/mol. The number of nitrogens with zero attached hydrogens (tertiary/aromatic N) is 1. The monoisotopic (exact) mass is 210 g/mol. The van der Waals surface area contributed by atoms with E-state index < -0.39 is 0 Å². The molecule has 2 nitrogen and oxygen atoms in total. The van der Waals surface area contributed by atoms with Crippen LogP contribution in [0.3, 0.4) is 0 Å². The quantitative estimate of drug-likeness (QED) is 0.701. The van der Waals surface area contributed by atoms with Crippen molar-refractivity contribution in [1.29, 1.82) is 0 Å². The first kappa shape index (κ1) is 11.4. The number of likely N-dealkylation sites (tertiary alicyclic amines) is 1. The molecule has 88 valence electrons. The second-order valence-corrected chi connectivity index (χ2v) is 5.32. The summed E-state index contributed by atoms with van der Waals surface area (Å²) in [6, 6.07) is 1.70. The lowest BCUT2D eigenvalue weighted by Crippen LogP contribution is -2.40. The molecule has 0 aromatic rings. The number of hydrogen-bond acceptors (Lipinski definition) is 2. The number of hydrogen-bond donors (Lipinski definition) is 1. The molecule has 0 aromatic heterocycles. The number of rotatable bonds is 5. The highest BCUT2D eigenvalue weighted by Crippen LogP contribution is 2.18. The average molecular weight is 210 g/mol. The van der Waals surface area contributed by atoms with Crippen LogP contribution in [0.1, 0.15) is 51.9 Å². The Morgan fingerprint density at radius 2 is 2.00 bits per heavy atom. The standard InChI is InChI=1S/C13H26N2/c1-12-6-2-3-10-15(12)11-5-9-14-13-7-4-8-13/h12-14H,2-11H2,1H3/t12-/m0/s1. The predicted octanol–water partition coefficient (Wildman–Crippen LogP) is 2.39. The van der Waals surface area contributed by atoms with Gasteiger partial charge < -0.3 is 10.2 Å². The molecule has 1 atom stereocenters. The summed E-state index contributed by atoms with van der Waals surface area (Å²) in [7, 11) is 0. The molecular formula is C13H26N2. The van der Waals surface area contributed by atoms with Gasteiger partial charge in [0.15, 0.2) is 0 Å². The Hall–Kier alpha value is -0.0800. The Morgan fingerprint density at radius 1 is 1.13 bits per heavy atom. The van der Waals surface area contributed by atoms with Crippen LogP contribution in [0.25, 0.3) is 0 Å². The van der Waals surface area contributed by atoms with Crippen LogP contribution in [0.4, 0.5) is 0 Å². The van der Waals surface area contributed by atoms with Gasteiger partial charge in [-0.1, -0.05) is 12.8 Å². The first-order valence-electron chi connectivity index (χ1n) is 6.83. The van der Waals surface area contributed by atoms with Crippen molar-refractivity contribution in [3.63, 3.8) is 0 Å². The van der Waals surface area contributed by atoms with Gasteiger partial charge in [0.25, 0.3) is 0 Å². The lowest BCUT2D eigenvalue weighted by molar-refractivity contribution is 0.157. The van der Waals surface area contributed by atoms with Gasteiger partial charge >= 0.3 is 0 Å². The first-order valence-corrected chi connectivity index (χ1v) is 6.83. The molecule has 2 heteroatoms. The summed E-state index contributed by atoms with van der Waals surface area (Å²) in [5, 5.41) is 3.65. The SMILES string of the molecule is C[C@H]1CCCCN1CCCNC1CCC1. The smallest absolute Gasteiger partial charge is 0.00670 e. The summed E-state index contributed by atoms with van der Waals surface area (Å²) >= 11 is 0. The molecule has 0 bridgehead atoms. The van der Waals surface area contributed by atoms with E-state index in [0.717, 1.165) is 12.1 Å². The van der Waals surface area contributed by atoms with Crippen LogP contribution < -0.4 is 5.32 Å². The van der Waals surface area contributed by atoms with Crippen molar-refractivity contribution in [2.24, 2.45) is 0 Å². The molecule has 15 heavy (non-hydrogen) atoms. The van der Waals surface area contributed by atoms with Gasteiger partial charge in [-0.3, -0.25) is 0 Å². The summed E-state index contributed by atoms with van der Waals surface area (Å²) < 4.78 is 0. The molecule has 0 spiro atoms. The molecule has 2 fully saturated rings. The van der Waals surface area contributed by atoms with Gasteiger partial charge in [0.05, 0.1) is 0 Å². The number of nitrogens with one attached hydrogen (secondary N) is 1. The van der Waals surface area contributed by atoms with Gasteiger partial charge in [0.1, 0.15) is 0 Å². The molecule has 0 aromatic carbocycles. The normalized spacial score (nSPS) is 29.0. The van der Waals surface area contributed by atoms with Gasteiger partial charge in [0, 0.05) is 12.1 Å². The summed E-state index contributed by atoms with van der Waals surface area (Å²) in [5.74, 6) is 0. The highest BCUT2D eigenvalue weighted by molar-refractivity contribution is 4.77. The molecule has 1 aliphatic heterocycles. The summed E-state index contributed by atoms with van der Waals surface area (Å²) in [6.45, 7) is 6.26. The van der Waals surface area contributed by atoms with Crippen LogP contribution in [0.5, 0.6) is 0 Å². The maximum atomic E-state index is 3.65. The van der Waals surface area contributed by atoms with Gasteiger partial charge in [-0.05, 0) is 58.7 Å². The Kier molecular flexibility index (Phi) is 4.45. The zero-order valence-electron chi connectivity index (χ0n) is 10.2. The number of piperidine rings is 1. The van der Waals surface area contributed by atoms with Crippen LogP contribution >= 0.6 is 0 Å². The van der Waals surface area contributed by atoms with Crippen molar-refractivity contribution in [1.82, 2.24) is 10.2 Å². The van der Waals surface area contributed by atoms with Crippen LogP contribution in [-0.4, -0.2) is 36.6 Å². The van der Waals surface area contributed by atoms with Crippen LogP contribution in [0, 0.1) is 0 Å². The Labute approximate surface area is 94.4 Å². The fourth-order valence-corrected chi connectivity index (χ4v) is 2.69. The van der Waals surface area contributed by atoms with Crippen LogP contribution in [0.15, 0.2) is 0 Å². The van der Waals surface area contributed by atoms with E-state index in [1.165, 1.54) is 64.6 Å². The second-order valence-electron chi connectivity index (χ2n) is 5.32. The van der Waals surface area contributed by atoms with Crippen molar-refractivity contribution >= 4 is 0 Å². The summed E-state index contributed by atoms with van der Waals surface area (Å²) in [5.41, 5.74) is 0. The highest BCUT2D eigenvalue weighted by Gasteiger charge is 2.18. The molecule has 1 N–H and O–H groups in total. The van der Waals surface area contributed by atoms with Crippen molar-refractivity contribution in [2.75, 3.05) is 19.6 Å². The van der Waals surface area contributed by atoms with Gasteiger partial charge in [-0.2, -0.15) is 0 Å². The fourth-order valence-electron chi connectivity index (χ4n) is 2.69. The van der Waals surface area contributed by atoms with E-state index in [-0.39, 0.29) is 0 Å². The topological polar surface area (TPSA) is 15.3 Å². The second kappa shape index (κ2) is 5.86. The van der Waals surface area contributed by atoms with Crippen molar-refractivity contribution in [3.05, 3.63) is 0 Å². The molecule has 1 saturated heterocycles. The largest absolute Gasteiger partial charge is 0.314 e. The third-order valence-electron chi connectivity index (χ3n) is 4.10. The maximum Gasteiger partial charge on any atom is 0.00670 e. The van der Waals surface area contributed by atoms with E-state index in [1.54, 1.807) is 0 Å². The molecule has 2 aliphatic rings. The molecule has 0 unspecified atom stereocenters. The highest BCUT2D eigenvalue weighted by atomic mass is 15.2. The lowest BCUT2D eigenvalue weighted by atomic mass is 9.93. The Bertz CT molecular complexity index is 177. The fraction of sp³-hybridized carbons (Fsp3) is 1.00. The predicted molar refractivity (Wildman–Crippen MR) is 65.1 cm³/mol. The van der Waals surface area contributed by atoms with E-state index >= 15 is 0 Å². The van der Waals surface area contributed by atoms with Crippen molar-refractivity contribution < 1.29 is 0 Å². The minimum atomic E-state index is 0.836. The molecule has 1 aliphatic carbocycles. The van der Waals surface area contributed by atoms with Crippen LogP contribution in [0.2, 0.25) is 0 Å². The lowest BCUT2D eigenvalue weighted by Gasteiger charge is -2.33. The minimum absolute atomic E-state index is 0.836. The van der Waals surface area contributed by atoms with Crippen molar-refractivity contribution in [2.45, 2.75) is 64.0 Å². The molecule has 2 rings (SSSR count). The molecule has 0 radical (unpaired) electrons. The zero-order valence-corrected chi connectivity index (χ0v) is 10.2. The van der Waals surface area contributed by atoms with Crippen LogP contribution in [-0.2, 0) is 0 Å². The van der Waals surface area contributed by atoms with E-state index in [0.29, 0.717) is 0 Å². The third kappa shape index (κ3) is 3.46. The van der Waals surface area contributed by atoms with Gasteiger partial charge in [0.2, 0.25) is 0 Å².